The molecule has 0 N–H and O–H groups in total. The van der Waals surface area contributed by atoms with Crippen LogP contribution in [0.5, 0.6) is 0 Å². The van der Waals surface area contributed by atoms with Crippen molar-refractivity contribution in [3.05, 3.63) is 77.4 Å². The number of aryl methyl sites for hydroxylation is 2. The Morgan fingerprint density at radius 2 is 1.75 bits per heavy atom. The van der Waals surface area contributed by atoms with E-state index in [1.165, 1.54) is 11.6 Å². The molecular formula is C22H23FN4O. The molecule has 1 saturated heterocycles. The summed E-state index contributed by atoms with van der Waals surface area (Å²) in [6.45, 7) is 6.59. The molecule has 28 heavy (non-hydrogen) atoms. The number of halogens is 1. The summed E-state index contributed by atoms with van der Waals surface area (Å²) in [6, 6.07) is 12.5. The minimum Gasteiger partial charge on any atom is -0.338 e. The fourth-order valence-corrected chi connectivity index (χ4v) is 3.53. The Labute approximate surface area is 164 Å². The Kier molecular flexibility index (Phi) is 4.86. The second-order valence-corrected chi connectivity index (χ2v) is 7.13. The summed E-state index contributed by atoms with van der Waals surface area (Å²) in [5.41, 5.74) is 3.51. The molecule has 4 rings (SSSR count). The molecule has 1 aromatic heterocycles. The fraction of sp³-hybridized carbons (Fsp3) is 0.273. The lowest BCUT2D eigenvalue weighted by Gasteiger charge is -2.35. The summed E-state index contributed by atoms with van der Waals surface area (Å²) in [4.78, 5) is 21.2. The smallest absolute Gasteiger partial charge is 0.253 e. The van der Waals surface area contributed by atoms with Gasteiger partial charge in [-0.05, 0) is 49.2 Å². The lowest BCUT2D eigenvalue weighted by Crippen LogP contribution is -2.49. The van der Waals surface area contributed by atoms with Crippen molar-refractivity contribution >= 4 is 11.9 Å². The van der Waals surface area contributed by atoms with E-state index in [2.05, 4.69) is 9.88 Å². The Balaban J connectivity index is 1.48. The van der Waals surface area contributed by atoms with Crippen LogP contribution >= 0.6 is 0 Å². The third-order valence-corrected chi connectivity index (χ3v) is 5.34. The second kappa shape index (κ2) is 7.46. The van der Waals surface area contributed by atoms with Crippen LogP contribution in [0.25, 0.3) is 5.69 Å². The molecule has 6 heteroatoms. The molecule has 0 saturated carbocycles. The van der Waals surface area contributed by atoms with Crippen LogP contribution in [0.3, 0.4) is 0 Å². The van der Waals surface area contributed by atoms with Crippen molar-refractivity contribution < 1.29 is 9.18 Å². The molecular weight excluding hydrogens is 355 g/mol. The number of rotatable bonds is 3. The molecule has 0 spiro atoms. The third-order valence-electron chi connectivity index (χ3n) is 5.34. The van der Waals surface area contributed by atoms with Gasteiger partial charge in [0.15, 0.2) is 0 Å². The number of para-hydroxylation sites is 1. The zero-order valence-corrected chi connectivity index (χ0v) is 16.1. The summed E-state index contributed by atoms with van der Waals surface area (Å²) in [5, 5.41) is 0. The Hall–Kier alpha value is -3.15. The molecule has 0 atom stereocenters. The molecule has 1 aliphatic heterocycles. The average molecular weight is 378 g/mol. The topological polar surface area (TPSA) is 41.4 Å². The normalized spacial score (nSPS) is 14.4. The van der Waals surface area contributed by atoms with E-state index in [1.807, 2.05) is 43.0 Å². The maximum Gasteiger partial charge on any atom is 0.253 e. The van der Waals surface area contributed by atoms with Gasteiger partial charge >= 0.3 is 0 Å². The van der Waals surface area contributed by atoms with E-state index in [-0.39, 0.29) is 11.7 Å². The third kappa shape index (κ3) is 3.38. The van der Waals surface area contributed by atoms with Crippen molar-refractivity contribution in [2.24, 2.45) is 0 Å². The van der Waals surface area contributed by atoms with E-state index in [9.17, 15) is 9.18 Å². The molecule has 1 amide bonds. The minimum absolute atomic E-state index is 0.0557. The first-order valence-electron chi connectivity index (χ1n) is 9.44. The van der Waals surface area contributed by atoms with Crippen LogP contribution in [-0.2, 0) is 0 Å². The average Bonchev–Trinajstić information content (AvgIpc) is 3.19. The highest BCUT2D eigenvalue weighted by Gasteiger charge is 2.25. The minimum atomic E-state index is -0.287. The highest BCUT2D eigenvalue weighted by Crippen LogP contribution is 2.22. The molecule has 1 aliphatic rings. The van der Waals surface area contributed by atoms with Gasteiger partial charge in [-0.25, -0.2) is 9.37 Å². The predicted octanol–water partition coefficient (Wildman–Crippen LogP) is 3.59. The Bertz CT molecular complexity index is 1010. The van der Waals surface area contributed by atoms with E-state index < -0.39 is 0 Å². The van der Waals surface area contributed by atoms with Gasteiger partial charge < -0.3 is 9.80 Å². The molecule has 0 aliphatic carbocycles. The number of carbonyl (C=O) groups is 1. The molecule has 2 heterocycles. The van der Waals surface area contributed by atoms with Crippen molar-refractivity contribution in [1.29, 1.82) is 0 Å². The highest BCUT2D eigenvalue weighted by atomic mass is 19.1. The van der Waals surface area contributed by atoms with Crippen molar-refractivity contribution in [2.75, 3.05) is 31.1 Å². The van der Waals surface area contributed by atoms with Crippen molar-refractivity contribution in [2.45, 2.75) is 13.8 Å². The number of piperazine rings is 1. The zero-order valence-electron chi connectivity index (χ0n) is 16.1. The second-order valence-electron chi connectivity index (χ2n) is 7.13. The molecule has 5 nitrogen and oxygen atoms in total. The number of nitrogens with zero attached hydrogens (tertiary/aromatic N) is 4. The first-order chi connectivity index (χ1) is 13.5. The quantitative estimate of drug-likeness (QED) is 0.699. The van der Waals surface area contributed by atoms with Gasteiger partial charge in [-0.3, -0.25) is 9.36 Å². The van der Waals surface area contributed by atoms with Gasteiger partial charge in [0.1, 0.15) is 5.82 Å². The standard InChI is InChI=1S/C22H23FN4O/c1-16-7-8-18(15-17(16)2)21(28)25-11-13-26(14-12-25)22-24-9-10-27(22)20-6-4-3-5-19(20)23/h3-10,15H,11-14H2,1-2H3. The highest BCUT2D eigenvalue weighted by molar-refractivity contribution is 5.94. The van der Waals surface area contributed by atoms with Crippen molar-refractivity contribution in [3.8, 4) is 5.69 Å². The fourth-order valence-electron chi connectivity index (χ4n) is 3.53. The van der Waals surface area contributed by atoms with Crippen molar-refractivity contribution in [1.82, 2.24) is 14.5 Å². The SMILES string of the molecule is Cc1ccc(C(=O)N2CCN(c3nccn3-c3ccccc3F)CC2)cc1C. The van der Waals surface area contributed by atoms with E-state index in [4.69, 9.17) is 0 Å². The molecule has 0 radical (unpaired) electrons. The maximum absolute atomic E-state index is 14.2. The van der Waals surface area contributed by atoms with Gasteiger partial charge in [-0.2, -0.15) is 0 Å². The van der Waals surface area contributed by atoms with Gasteiger partial charge in [-0.15, -0.1) is 0 Å². The maximum atomic E-state index is 14.2. The zero-order chi connectivity index (χ0) is 19.7. The van der Waals surface area contributed by atoms with Gasteiger partial charge in [0.05, 0.1) is 5.69 Å². The summed E-state index contributed by atoms with van der Waals surface area (Å²) in [7, 11) is 0. The van der Waals surface area contributed by atoms with Gasteiger partial charge in [0, 0.05) is 44.1 Å². The number of anilines is 1. The van der Waals surface area contributed by atoms with Crippen LogP contribution in [0.1, 0.15) is 21.5 Å². The predicted molar refractivity (Wildman–Crippen MR) is 108 cm³/mol. The summed E-state index contributed by atoms with van der Waals surface area (Å²) >= 11 is 0. The lowest BCUT2D eigenvalue weighted by molar-refractivity contribution is 0.0746. The first-order valence-corrected chi connectivity index (χ1v) is 9.44. The van der Waals surface area contributed by atoms with Gasteiger partial charge in [-0.1, -0.05) is 18.2 Å². The Morgan fingerprint density at radius 1 is 1.00 bits per heavy atom. The molecule has 0 unspecified atom stereocenters. The molecule has 144 valence electrons. The van der Waals surface area contributed by atoms with E-state index in [0.29, 0.717) is 37.8 Å². The molecule has 3 aromatic rings. The largest absolute Gasteiger partial charge is 0.338 e. The number of aromatic nitrogens is 2. The van der Waals surface area contributed by atoms with Crippen LogP contribution in [0, 0.1) is 19.7 Å². The van der Waals surface area contributed by atoms with Crippen LogP contribution < -0.4 is 4.90 Å². The van der Waals surface area contributed by atoms with Crippen molar-refractivity contribution in [3.63, 3.8) is 0 Å². The number of benzene rings is 2. The summed E-state index contributed by atoms with van der Waals surface area (Å²) in [6.07, 6.45) is 3.44. The van der Waals surface area contributed by atoms with Crippen LogP contribution in [0.15, 0.2) is 54.9 Å². The van der Waals surface area contributed by atoms with Crippen LogP contribution in [0.2, 0.25) is 0 Å². The van der Waals surface area contributed by atoms with Crippen LogP contribution in [0.4, 0.5) is 10.3 Å². The molecule has 2 aromatic carbocycles. The number of hydrogen-bond donors (Lipinski definition) is 0. The Morgan fingerprint density at radius 3 is 2.46 bits per heavy atom. The number of amides is 1. The van der Waals surface area contributed by atoms with E-state index in [1.54, 1.807) is 29.1 Å². The number of imidazole rings is 1. The van der Waals surface area contributed by atoms with Crippen LogP contribution in [-0.4, -0.2) is 46.5 Å². The molecule has 1 fully saturated rings. The lowest BCUT2D eigenvalue weighted by atomic mass is 10.1. The number of hydrogen-bond acceptors (Lipinski definition) is 3. The first kappa shape index (κ1) is 18.2. The summed E-state index contributed by atoms with van der Waals surface area (Å²) < 4.78 is 16.0. The van der Waals surface area contributed by atoms with E-state index in [0.717, 1.165) is 11.1 Å². The summed E-state index contributed by atoms with van der Waals surface area (Å²) in [5.74, 6) is 0.467. The van der Waals surface area contributed by atoms with Gasteiger partial charge in [0.2, 0.25) is 5.95 Å². The molecule has 0 bridgehead atoms. The monoisotopic (exact) mass is 378 g/mol. The number of carbonyl (C=O) groups excluding carboxylic acids is 1. The van der Waals surface area contributed by atoms with Gasteiger partial charge in [0.25, 0.3) is 5.91 Å². The van der Waals surface area contributed by atoms with E-state index >= 15 is 0 Å².